The van der Waals surface area contributed by atoms with Crippen molar-refractivity contribution >= 4 is 35.2 Å². The van der Waals surface area contributed by atoms with E-state index in [1.54, 1.807) is 43.3 Å². The Morgan fingerprint density at radius 2 is 1.49 bits per heavy atom. The van der Waals surface area contributed by atoms with Crippen molar-refractivity contribution in [1.29, 1.82) is 0 Å². The standard InChI is InChI=1S/C28H25N3O6/c1-3-37-28(35)23(17-18-9-5-4-6-10-18)30-25(32)24(29-19-13-15-20(36-2)16-14-19)31-26(33)21-11-7-8-12-22(21)27(31)34/h4-16,23H,3,17H2,1-2H3,(H,30,32)/t23-/m1/s1. The molecule has 188 valence electrons. The summed E-state index contributed by atoms with van der Waals surface area (Å²) in [6.07, 6.45) is 0.142. The highest BCUT2D eigenvalue weighted by Crippen LogP contribution is 2.25. The minimum Gasteiger partial charge on any atom is -0.497 e. The van der Waals surface area contributed by atoms with Gasteiger partial charge in [-0.1, -0.05) is 42.5 Å². The predicted octanol–water partition coefficient (Wildman–Crippen LogP) is 3.31. The average Bonchev–Trinajstić information content (AvgIpc) is 3.17. The lowest BCUT2D eigenvalue weighted by Gasteiger charge is -2.21. The molecule has 0 saturated heterocycles. The zero-order chi connectivity index (χ0) is 26.4. The van der Waals surface area contributed by atoms with Crippen LogP contribution in [0.25, 0.3) is 0 Å². The molecular weight excluding hydrogens is 474 g/mol. The van der Waals surface area contributed by atoms with Crippen LogP contribution < -0.4 is 10.1 Å². The van der Waals surface area contributed by atoms with Crippen molar-refractivity contribution in [3.05, 3.63) is 95.6 Å². The van der Waals surface area contributed by atoms with Crippen molar-refractivity contribution in [2.24, 2.45) is 4.99 Å². The number of amides is 3. The second kappa shape index (κ2) is 11.3. The Kier molecular flexibility index (Phi) is 7.73. The maximum Gasteiger partial charge on any atom is 0.328 e. The number of hydrogen-bond donors (Lipinski definition) is 1. The third kappa shape index (κ3) is 5.56. The number of fused-ring (bicyclic) bond motifs is 1. The molecule has 9 nitrogen and oxygen atoms in total. The van der Waals surface area contributed by atoms with E-state index in [-0.39, 0.29) is 24.2 Å². The Morgan fingerprint density at radius 3 is 2.05 bits per heavy atom. The Morgan fingerprint density at radius 1 is 0.892 bits per heavy atom. The van der Waals surface area contributed by atoms with Gasteiger partial charge in [-0.25, -0.2) is 14.7 Å². The van der Waals surface area contributed by atoms with Gasteiger partial charge in [0, 0.05) is 6.42 Å². The molecule has 3 aromatic carbocycles. The summed E-state index contributed by atoms with van der Waals surface area (Å²) in [5.41, 5.74) is 1.41. The topological polar surface area (TPSA) is 114 Å². The summed E-state index contributed by atoms with van der Waals surface area (Å²) >= 11 is 0. The third-order valence-electron chi connectivity index (χ3n) is 5.68. The molecule has 0 aliphatic carbocycles. The van der Waals surface area contributed by atoms with Gasteiger partial charge in [-0.05, 0) is 48.9 Å². The van der Waals surface area contributed by atoms with Gasteiger partial charge in [-0.2, -0.15) is 0 Å². The zero-order valence-corrected chi connectivity index (χ0v) is 20.3. The zero-order valence-electron chi connectivity index (χ0n) is 20.3. The van der Waals surface area contributed by atoms with Crippen molar-refractivity contribution in [2.75, 3.05) is 13.7 Å². The van der Waals surface area contributed by atoms with Crippen LogP contribution >= 0.6 is 0 Å². The van der Waals surface area contributed by atoms with E-state index in [9.17, 15) is 19.2 Å². The van der Waals surface area contributed by atoms with Gasteiger partial charge < -0.3 is 14.8 Å². The summed E-state index contributed by atoms with van der Waals surface area (Å²) < 4.78 is 10.3. The van der Waals surface area contributed by atoms with Crippen molar-refractivity contribution in [1.82, 2.24) is 10.2 Å². The summed E-state index contributed by atoms with van der Waals surface area (Å²) in [4.78, 5) is 57.8. The van der Waals surface area contributed by atoms with Crippen LogP contribution in [0.2, 0.25) is 0 Å². The van der Waals surface area contributed by atoms with Crippen LogP contribution in [-0.2, 0) is 20.7 Å². The lowest BCUT2D eigenvalue weighted by molar-refractivity contribution is -0.146. The highest BCUT2D eigenvalue weighted by Gasteiger charge is 2.41. The molecule has 0 bridgehead atoms. The van der Waals surface area contributed by atoms with Crippen LogP contribution in [-0.4, -0.2) is 54.2 Å². The Labute approximate surface area is 213 Å². The number of ether oxygens (including phenoxy) is 2. The van der Waals surface area contributed by atoms with E-state index < -0.39 is 35.6 Å². The normalized spacial score (nSPS) is 13.7. The second-order valence-electron chi connectivity index (χ2n) is 8.09. The number of methoxy groups -OCH3 is 1. The molecule has 0 saturated carbocycles. The van der Waals surface area contributed by atoms with E-state index >= 15 is 0 Å². The van der Waals surface area contributed by atoms with Gasteiger partial charge in [-0.15, -0.1) is 0 Å². The summed E-state index contributed by atoms with van der Waals surface area (Å²) in [6.45, 7) is 1.78. The number of carbonyl (C=O) groups excluding carboxylic acids is 4. The van der Waals surface area contributed by atoms with Gasteiger partial charge in [0.25, 0.3) is 17.7 Å². The number of hydrogen-bond acceptors (Lipinski definition) is 7. The van der Waals surface area contributed by atoms with Gasteiger partial charge >= 0.3 is 5.97 Å². The number of amidine groups is 1. The van der Waals surface area contributed by atoms with Gasteiger partial charge in [0.1, 0.15) is 11.8 Å². The lowest BCUT2D eigenvalue weighted by atomic mass is 10.1. The molecule has 9 heteroatoms. The summed E-state index contributed by atoms with van der Waals surface area (Å²) in [5.74, 6) is -2.78. The molecule has 1 aliphatic rings. The molecule has 1 N–H and O–H groups in total. The fraction of sp³-hybridized carbons (Fsp3) is 0.179. The molecule has 1 atom stereocenters. The molecule has 3 amide bonds. The fourth-order valence-corrected chi connectivity index (χ4v) is 3.87. The van der Waals surface area contributed by atoms with Crippen molar-refractivity contribution < 1.29 is 28.7 Å². The molecule has 0 fully saturated rings. The summed E-state index contributed by atoms with van der Waals surface area (Å²) in [5, 5.41) is 2.62. The lowest BCUT2D eigenvalue weighted by Crippen LogP contribution is -2.51. The highest BCUT2D eigenvalue weighted by atomic mass is 16.5. The van der Waals surface area contributed by atoms with Gasteiger partial charge in [0.05, 0.1) is 30.5 Å². The van der Waals surface area contributed by atoms with E-state index in [0.29, 0.717) is 11.4 Å². The predicted molar refractivity (Wildman–Crippen MR) is 136 cm³/mol. The molecule has 0 aromatic heterocycles. The van der Waals surface area contributed by atoms with Crippen molar-refractivity contribution in [3.63, 3.8) is 0 Å². The van der Waals surface area contributed by atoms with Crippen LogP contribution in [0.3, 0.4) is 0 Å². The first-order valence-corrected chi connectivity index (χ1v) is 11.6. The minimum absolute atomic E-state index is 0.116. The highest BCUT2D eigenvalue weighted by molar-refractivity contribution is 6.48. The number of aliphatic imine (C=N–C) groups is 1. The van der Waals surface area contributed by atoms with Gasteiger partial charge in [0.2, 0.25) is 5.84 Å². The van der Waals surface area contributed by atoms with E-state index in [1.807, 2.05) is 30.3 Å². The van der Waals surface area contributed by atoms with Crippen molar-refractivity contribution in [2.45, 2.75) is 19.4 Å². The molecule has 1 heterocycles. The van der Waals surface area contributed by atoms with Crippen LogP contribution in [0.15, 0.2) is 83.9 Å². The largest absolute Gasteiger partial charge is 0.497 e. The average molecular weight is 500 g/mol. The molecule has 0 radical (unpaired) electrons. The van der Waals surface area contributed by atoms with Crippen LogP contribution in [0.5, 0.6) is 5.75 Å². The number of nitrogens with zero attached hydrogens (tertiary/aromatic N) is 2. The Balaban J connectivity index is 1.71. The SMILES string of the molecule is CCOC(=O)[C@@H](Cc1ccccc1)NC(=O)C(=Nc1ccc(OC)cc1)N1C(=O)c2ccccc2C1=O. The molecule has 0 unspecified atom stereocenters. The van der Waals surface area contributed by atoms with E-state index in [2.05, 4.69) is 10.3 Å². The molecular formula is C28H25N3O6. The van der Waals surface area contributed by atoms with E-state index in [1.165, 1.54) is 19.2 Å². The maximum atomic E-state index is 13.6. The smallest absolute Gasteiger partial charge is 0.328 e. The van der Waals surface area contributed by atoms with Crippen LogP contribution in [0.4, 0.5) is 5.69 Å². The first-order chi connectivity index (χ1) is 17.9. The number of esters is 1. The number of imide groups is 1. The third-order valence-corrected chi connectivity index (χ3v) is 5.68. The van der Waals surface area contributed by atoms with Crippen LogP contribution in [0.1, 0.15) is 33.2 Å². The number of carbonyl (C=O) groups is 4. The Hall–Kier alpha value is -4.79. The fourth-order valence-electron chi connectivity index (χ4n) is 3.87. The van der Waals surface area contributed by atoms with Crippen molar-refractivity contribution in [3.8, 4) is 5.75 Å². The summed E-state index contributed by atoms with van der Waals surface area (Å²) in [7, 11) is 1.51. The van der Waals surface area contributed by atoms with Gasteiger partial charge in [-0.3, -0.25) is 14.4 Å². The van der Waals surface area contributed by atoms with E-state index in [0.717, 1.165) is 10.5 Å². The quantitative estimate of drug-likeness (QED) is 0.231. The summed E-state index contributed by atoms with van der Waals surface area (Å²) in [6, 6.07) is 20.7. The monoisotopic (exact) mass is 499 g/mol. The number of nitrogens with one attached hydrogen (secondary N) is 1. The second-order valence-corrected chi connectivity index (χ2v) is 8.09. The molecule has 37 heavy (non-hydrogen) atoms. The van der Waals surface area contributed by atoms with Gasteiger partial charge in [0.15, 0.2) is 0 Å². The molecule has 0 spiro atoms. The molecule has 3 aromatic rings. The molecule has 1 aliphatic heterocycles. The van der Waals surface area contributed by atoms with E-state index in [4.69, 9.17) is 9.47 Å². The Bertz CT molecular complexity index is 1320. The molecule has 4 rings (SSSR count). The number of benzene rings is 3. The minimum atomic E-state index is -1.08. The first-order valence-electron chi connectivity index (χ1n) is 11.6. The maximum absolute atomic E-state index is 13.6. The first kappa shape index (κ1) is 25.3. The number of rotatable bonds is 7. The van der Waals surface area contributed by atoms with Crippen LogP contribution in [0, 0.1) is 0 Å².